The van der Waals surface area contributed by atoms with Gasteiger partial charge in [-0.05, 0) is 31.6 Å². The average molecular weight is 296 g/mol. The molecule has 0 fully saturated rings. The molecule has 4 heteroatoms. The third kappa shape index (κ3) is 6.22. The van der Waals surface area contributed by atoms with Crippen molar-refractivity contribution in [1.29, 1.82) is 0 Å². The molecule has 0 aliphatic carbocycles. The van der Waals surface area contributed by atoms with Crippen molar-refractivity contribution in [2.45, 2.75) is 20.3 Å². The maximum atomic E-state index is 11.7. The molecule has 0 saturated carbocycles. The number of amides is 1. The van der Waals surface area contributed by atoms with Gasteiger partial charge in [-0.2, -0.15) is 0 Å². The van der Waals surface area contributed by atoms with E-state index in [1.165, 1.54) is 6.08 Å². The average Bonchev–Trinajstić information content (AvgIpc) is 2.46. The van der Waals surface area contributed by atoms with Gasteiger partial charge in [0.15, 0.2) is 0 Å². The summed E-state index contributed by atoms with van der Waals surface area (Å²) in [5, 5.41) is 3.55. The third-order valence-electron chi connectivity index (χ3n) is 3.33. The number of hydrogen-bond donors (Lipinski definition) is 2. The second-order valence-electron chi connectivity index (χ2n) is 4.71. The van der Waals surface area contributed by atoms with Crippen molar-refractivity contribution in [3.63, 3.8) is 0 Å². The molecule has 0 aromatic heterocycles. The van der Waals surface area contributed by atoms with Crippen LogP contribution in [0, 0.1) is 0 Å². The molecule has 3 nitrogen and oxygen atoms in total. The van der Waals surface area contributed by atoms with Crippen LogP contribution in [0.2, 0.25) is 5.02 Å². The number of quaternary nitrogens is 1. The smallest absolute Gasteiger partial charge is 0.244 e. The van der Waals surface area contributed by atoms with Gasteiger partial charge in [0.1, 0.15) is 0 Å². The number of benzene rings is 1. The highest BCUT2D eigenvalue weighted by atomic mass is 35.5. The Labute approximate surface area is 126 Å². The number of halogens is 1. The molecule has 2 N–H and O–H groups in total. The van der Waals surface area contributed by atoms with Crippen LogP contribution in [0.5, 0.6) is 0 Å². The van der Waals surface area contributed by atoms with Crippen LogP contribution in [0.25, 0.3) is 6.08 Å². The Hall–Kier alpha value is -1.32. The summed E-state index contributed by atoms with van der Waals surface area (Å²) < 4.78 is 0. The molecule has 0 atom stereocenters. The van der Waals surface area contributed by atoms with Crippen LogP contribution >= 0.6 is 11.6 Å². The normalized spacial score (nSPS) is 11.2. The molecule has 0 bridgehead atoms. The first-order valence-electron chi connectivity index (χ1n) is 7.21. The minimum atomic E-state index is -0.0699. The zero-order chi connectivity index (χ0) is 14.8. The van der Waals surface area contributed by atoms with Crippen molar-refractivity contribution in [2.24, 2.45) is 0 Å². The van der Waals surface area contributed by atoms with E-state index in [9.17, 15) is 4.79 Å². The molecule has 20 heavy (non-hydrogen) atoms. The first-order chi connectivity index (χ1) is 9.67. The van der Waals surface area contributed by atoms with Crippen molar-refractivity contribution in [2.75, 3.05) is 26.2 Å². The van der Waals surface area contributed by atoms with Gasteiger partial charge < -0.3 is 10.2 Å². The predicted octanol–water partition coefficient (Wildman–Crippen LogP) is 1.78. The topological polar surface area (TPSA) is 33.5 Å². The number of carbonyl (C=O) groups is 1. The van der Waals surface area contributed by atoms with E-state index in [4.69, 9.17) is 11.6 Å². The maximum Gasteiger partial charge on any atom is 0.244 e. The van der Waals surface area contributed by atoms with Crippen LogP contribution in [0.15, 0.2) is 30.3 Å². The molecule has 0 aliphatic heterocycles. The van der Waals surface area contributed by atoms with Gasteiger partial charge in [-0.1, -0.05) is 29.8 Å². The fourth-order valence-corrected chi connectivity index (χ4v) is 2.19. The van der Waals surface area contributed by atoms with Gasteiger partial charge in [0.2, 0.25) is 5.91 Å². The van der Waals surface area contributed by atoms with E-state index in [1.807, 2.05) is 24.3 Å². The SMILES string of the molecule is CC[NH+](CC)CCCNC(=O)/C=C/c1ccccc1Cl. The maximum absolute atomic E-state index is 11.7. The highest BCUT2D eigenvalue weighted by Gasteiger charge is 2.02. The largest absolute Gasteiger partial charge is 0.352 e. The monoisotopic (exact) mass is 295 g/mol. The summed E-state index contributed by atoms with van der Waals surface area (Å²) in [7, 11) is 0. The number of hydrogen-bond acceptors (Lipinski definition) is 1. The van der Waals surface area contributed by atoms with Crippen molar-refractivity contribution in [1.82, 2.24) is 5.32 Å². The van der Waals surface area contributed by atoms with Crippen LogP contribution in [-0.2, 0) is 4.79 Å². The molecule has 1 aromatic carbocycles. The lowest BCUT2D eigenvalue weighted by atomic mass is 10.2. The molecule has 1 aromatic rings. The molecule has 0 saturated heterocycles. The summed E-state index contributed by atoms with van der Waals surface area (Å²) in [6, 6.07) is 7.47. The second-order valence-corrected chi connectivity index (χ2v) is 5.11. The third-order valence-corrected chi connectivity index (χ3v) is 3.67. The van der Waals surface area contributed by atoms with E-state index < -0.39 is 0 Å². The highest BCUT2D eigenvalue weighted by Crippen LogP contribution is 2.15. The van der Waals surface area contributed by atoms with E-state index in [0.29, 0.717) is 5.02 Å². The molecular weight excluding hydrogens is 272 g/mol. The molecule has 0 unspecified atom stereocenters. The summed E-state index contributed by atoms with van der Waals surface area (Å²) >= 11 is 6.02. The Morgan fingerprint density at radius 2 is 2.00 bits per heavy atom. The Morgan fingerprint density at radius 1 is 1.30 bits per heavy atom. The number of rotatable bonds is 8. The van der Waals surface area contributed by atoms with E-state index in [2.05, 4.69) is 19.2 Å². The zero-order valence-corrected chi connectivity index (χ0v) is 13.0. The summed E-state index contributed by atoms with van der Waals surface area (Å²) in [6.07, 6.45) is 4.28. The van der Waals surface area contributed by atoms with Crippen molar-refractivity contribution >= 4 is 23.6 Å². The molecule has 1 rings (SSSR count). The standard InChI is InChI=1S/C16H23ClN2O/c1-3-19(4-2)13-7-12-18-16(20)11-10-14-8-5-6-9-15(14)17/h5-6,8-11H,3-4,7,12-13H2,1-2H3,(H,18,20)/p+1/b11-10+. The van der Waals surface area contributed by atoms with Gasteiger partial charge in [0.25, 0.3) is 0 Å². The summed E-state index contributed by atoms with van der Waals surface area (Å²) in [5.41, 5.74) is 0.858. The Kier molecular flexibility index (Phi) is 8.00. The van der Waals surface area contributed by atoms with Crippen molar-refractivity contribution in [3.05, 3.63) is 40.9 Å². The lowest BCUT2D eigenvalue weighted by molar-refractivity contribution is -0.896. The van der Waals surface area contributed by atoms with E-state index in [-0.39, 0.29) is 5.91 Å². The predicted molar refractivity (Wildman–Crippen MR) is 85.0 cm³/mol. The Balaban J connectivity index is 2.29. The Morgan fingerprint density at radius 3 is 2.65 bits per heavy atom. The fourth-order valence-electron chi connectivity index (χ4n) is 1.99. The summed E-state index contributed by atoms with van der Waals surface area (Å²) in [6.45, 7) is 8.46. The van der Waals surface area contributed by atoms with Crippen LogP contribution in [0.3, 0.4) is 0 Å². The molecule has 0 spiro atoms. The molecule has 0 aliphatic rings. The van der Waals surface area contributed by atoms with Gasteiger partial charge in [0, 0.05) is 24.1 Å². The minimum Gasteiger partial charge on any atom is -0.352 e. The molecule has 0 radical (unpaired) electrons. The Bertz CT molecular complexity index is 442. The number of nitrogens with one attached hydrogen (secondary N) is 2. The number of carbonyl (C=O) groups excluding carboxylic acids is 1. The van der Waals surface area contributed by atoms with E-state index in [1.54, 1.807) is 11.0 Å². The molecular formula is C16H24ClN2O+. The van der Waals surface area contributed by atoms with E-state index >= 15 is 0 Å². The van der Waals surface area contributed by atoms with Gasteiger partial charge in [-0.15, -0.1) is 0 Å². The van der Waals surface area contributed by atoms with Gasteiger partial charge >= 0.3 is 0 Å². The van der Waals surface area contributed by atoms with Gasteiger partial charge in [-0.3, -0.25) is 4.79 Å². The summed E-state index contributed by atoms with van der Waals surface area (Å²) in [5.74, 6) is -0.0699. The fraction of sp³-hybridized carbons (Fsp3) is 0.438. The highest BCUT2D eigenvalue weighted by molar-refractivity contribution is 6.32. The summed E-state index contributed by atoms with van der Waals surface area (Å²) in [4.78, 5) is 13.2. The lowest BCUT2D eigenvalue weighted by Gasteiger charge is -2.14. The first-order valence-corrected chi connectivity index (χ1v) is 7.59. The molecule has 0 heterocycles. The quantitative estimate of drug-likeness (QED) is 0.556. The van der Waals surface area contributed by atoms with E-state index in [0.717, 1.165) is 38.2 Å². The second kappa shape index (κ2) is 9.56. The molecule has 110 valence electrons. The zero-order valence-electron chi connectivity index (χ0n) is 12.3. The van der Waals surface area contributed by atoms with Crippen molar-refractivity contribution in [3.8, 4) is 0 Å². The lowest BCUT2D eigenvalue weighted by Crippen LogP contribution is -3.11. The van der Waals surface area contributed by atoms with Crippen molar-refractivity contribution < 1.29 is 9.69 Å². The van der Waals surface area contributed by atoms with Crippen LogP contribution in [-0.4, -0.2) is 32.1 Å². The molecule has 1 amide bonds. The van der Waals surface area contributed by atoms with Gasteiger partial charge in [-0.25, -0.2) is 0 Å². The van der Waals surface area contributed by atoms with Crippen LogP contribution in [0.1, 0.15) is 25.8 Å². The van der Waals surface area contributed by atoms with Gasteiger partial charge in [0.05, 0.1) is 19.6 Å². The van der Waals surface area contributed by atoms with Crippen LogP contribution < -0.4 is 10.2 Å². The first kappa shape index (κ1) is 16.7. The van der Waals surface area contributed by atoms with Crippen LogP contribution in [0.4, 0.5) is 0 Å². The minimum absolute atomic E-state index is 0.0699.